The van der Waals surface area contributed by atoms with Crippen molar-refractivity contribution in [3.63, 3.8) is 0 Å². The third-order valence-electron chi connectivity index (χ3n) is 5.54. The van der Waals surface area contributed by atoms with E-state index in [1.165, 1.54) is 7.05 Å². The first-order valence-corrected chi connectivity index (χ1v) is 12.8. The van der Waals surface area contributed by atoms with Crippen LogP contribution >= 0.6 is 23.1 Å². The van der Waals surface area contributed by atoms with Crippen LogP contribution in [0.1, 0.15) is 24.2 Å². The van der Waals surface area contributed by atoms with Gasteiger partial charge in [0.05, 0.1) is 22.0 Å². The highest BCUT2D eigenvalue weighted by Crippen LogP contribution is 2.21. The molecular formula is C24H26N6O2S2. The first-order chi connectivity index (χ1) is 16.7. The van der Waals surface area contributed by atoms with Gasteiger partial charge in [-0.15, -0.1) is 0 Å². The zero-order valence-corrected chi connectivity index (χ0v) is 20.4. The number of hydrogen-bond donors (Lipinski definition) is 2. The molecule has 4 rings (SSSR count). The Kier molecular flexibility index (Phi) is 8.40. The lowest BCUT2D eigenvalue weighted by molar-refractivity contribution is -0.116. The number of aromatic nitrogens is 3. The topological polar surface area (TPSA) is 100 Å². The Morgan fingerprint density at radius 1 is 1.24 bits per heavy atom. The highest BCUT2D eigenvalue weighted by Gasteiger charge is 2.21. The third kappa shape index (κ3) is 6.28. The van der Waals surface area contributed by atoms with Gasteiger partial charge < -0.3 is 15.5 Å². The van der Waals surface area contributed by atoms with Gasteiger partial charge in [0.25, 0.3) is 5.91 Å². The largest absolute Gasteiger partial charge is 0.355 e. The standard InChI is InChI=1S/C24H26N6O2S2/c1-25-23(32)22(34-16-31)13-19-5-9-26-24(29-19)30-10-6-18(7-11-30)27-14-20-3-2-4-21(28-20)17-8-12-33-15-17/h2-5,8-9,12-13,15-16,18,27H,6-7,10-11,14H2,1H3,(H,25,32)/b22-13-. The molecule has 8 nitrogen and oxygen atoms in total. The van der Waals surface area contributed by atoms with Crippen LogP contribution in [-0.2, 0) is 16.1 Å². The third-order valence-corrected chi connectivity index (χ3v) is 6.88. The Balaban J connectivity index is 1.33. The number of thiophene rings is 1. The normalized spacial score (nSPS) is 14.7. The number of rotatable bonds is 9. The molecule has 1 aliphatic rings. The number of thioether (sulfide) groups is 1. The lowest BCUT2D eigenvalue weighted by atomic mass is 10.1. The van der Waals surface area contributed by atoms with Crippen LogP contribution in [0.3, 0.4) is 0 Å². The molecule has 10 heteroatoms. The van der Waals surface area contributed by atoms with Gasteiger partial charge in [0.15, 0.2) is 5.62 Å². The Morgan fingerprint density at radius 2 is 2.09 bits per heavy atom. The summed E-state index contributed by atoms with van der Waals surface area (Å²) in [6.45, 7) is 2.40. The number of piperidine rings is 1. The van der Waals surface area contributed by atoms with Gasteiger partial charge in [-0.05, 0) is 60.3 Å². The van der Waals surface area contributed by atoms with Crippen LogP contribution in [0.5, 0.6) is 0 Å². The minimum atomic E-state index is -0.320. The highest BCUT2D eigenvalue weighted by molar-refractivity contribution is 8.16. The SMILES string of the molecule is CNC(=O)/C(=C/c1ccnc(N2CCC(NCc3cccc(-c4ccsc4)n3)CC2)n1)SC=O. The molecule has 0 aliphatic carbocycles. The Labute approximate surface area is 206 Å². The molecule has 1 fully saturated rings. The summed E-state index contributed by atoms with van der Waals surface area (Å²) in [7, 11) is 1.53. The minimum Gasteiger partial charge on any atom is -0.355 e. The van der Waals surface area contributed by atoms with Crippen molar-refractivity contribution in [2.45, 2.75) is 25.4 Å². The monoisotopic (exact) mass is 494 g/mol. The van der Waals surface area contributed by atoms with Crippen molar-refractivity contribution < 1.29 is 9.59 Å². The molecule has 1 aliphatic heterocycles. The lowest BCUT2D eigenvalue weighted by Gasteiger charge is -2.32. The highest BCUT2D eigenvalue weighted by atomic mass is 32.2. The van der Waals surface area contributed by atoms with Crippen LogP contribution in [0.15, 0.2) is 52.2 Å². The number of anilines is 1. The molecule has 3 aromatic rings. The molecule has 0 spiro atoms. The lowest BCUT2D eigenvalue weighted by Crippen LogP contribution is -2.43. The van der Waals surface area contributed by atoms with Crippen molar-refractivity contribution in [1.82, 2.24) is 25.6 Å². The van der Waals surface area contributed by atoms with E-state index in [1.807, 2.05) is 6.07 Å². The second-order valence-corrected chi connectivity index (χ2v) is 9.40. The molecule has 0 bridgehead atoms. The molecule has 0 saturated carbocycles. The van der Waals surface area contributed by atoms with Crippen LogP contribution in [0, 0.1) is 0 Å². The van der Waals surface area contributed by atoms with E-state index >= 15 is 0 Å². The van der Waals surface area contributed by atoms with Gasteiger partial charge in [-0.3, -0.25) is 14.6 Å². The first kappa shape index (κ1) is 24.1. The van der Waals surface area contributed by atoms with Gasteiger partial charge in [-0.2, -0.15) is 11.3 Å². The predicted molar refractivity (Wildman–Crippen MR) is 138 cm³/mol. The van der Waals surface area contributed by atoms with Gasteiger partial charge in [-0.1, -0.05) is 6.07 Å². The molecule has 4 heterocycles. The van der Waals surface area contributed by atoms with E-state index in [4.69, 9.17) is 4.98 Å². The number of hydrogen-bond acceptors (Lipinski definition) is 9. The van der Waals surface area contributed by atoms with Crippen LogP contribution in [0.2, 0.25) is 0 Å². The molecule has 34 heavy (non-hydrogen) atoms. The molecule has 0 unspecified atom stereocenters. The maximum absolute atomic E-state index is 11.9. The molecule has 0 atom stereocenters. The number of carbonyl (C=O) groups excluding carboxylic acids is 2. The first-order valence-electron chi connectivity index (χ1n) is 11.0. The second-order valence-electron chi connectivity index (χ2n) is 7.75. The van der Waals surface area contributed by atoms with Crippen molar-refractivity contribution in [1.29, 1.82) is 0 Å². The molecule has 176 valence electrons. The summed E-state index contributed by atoms with van der Waals surface area (Å²) in [5.41, 5.74) is 4.43. The fraction of sp³-hybridized carbons (Fsp3) is 0.292. The summed E-state index contributed by atoms with van der Waals surface area (Å²) in [6, 6.07) is 10.4. The van der Waals surface area contributed by atoms with Crippen molar-refractivity contribution in [2.75, 3.05) is 25.0 Å². The summed E-state index contributed by atoms with van der Waals surface area (Å²) in [6.07, 6.45) is 5.22. The van der Waals surface area contributed by atoms with Crippen molar-refractivity contribution >= 4 is 46.6 Å². The second kappa shape index (κ2) is 11.9. The van der Waals surface area contributed by atoms with Gasteiger partial charge >= 0.3 is 0 Å². The molecule has 0 radical (unpaired) electrons. The van der Waals surface area contributed by atoms with Gasteiger partial charge in [0.2, 0.25) is 5.95 Å². The Bertz CT molecular complexity index is 1140. The summed E-state index contributed by atoms with van der Waals surface area (Å²) >= 11 is 2.51. The summed E-state index contributed by atoms with van der Waals surface area (Å²) in [5.74, 6) is 0.309. The summed E-state index contributed by atoms with van der Waals surface area (Å²) < 4.78 is 0. The molecule has 3 aromatic heterocycles. The van der Waals surface area contributed by atoms with E-state index in [1.54, 1.807) is 29.7 Å². The number of nitrogens with zero attached hydrogens (tertiary/aromatic N) is 4. The van der Waals surface area contributed by atoms with Gasteiger partial charge in [0, 0.05) is 49.9 Å². The van der Waals surface area contributed by atoms with Crippen LogP contribution < -0.4 is 15.5 Å². The minimum absolute atomic E-state index is 0.293. The Hall–Kier alpha value is -3.08. The average molecular weight is 495 g/mol. The van der Waals surface area contributed by atoms with Gasteiger partial charge in [0.1, 0.15) is 0 Å². The fourth-order valence-electron chi connectivity index (χ4n) is 3.74. The van der Waals surface area contributed by atoms with Crippen LogP contribution in [0.25, 0.3) is 17.3 Å². The summed E-state index contributed by atoms with van der Waals surface area (Å²) in [5, 5.41) is 10.4. The van der Waals surface area contributed by atoms with Crippen molar-refractivity contribution in [3.8, 4) is 11.3 Å². The predicted octanol–water partition coefficient (Wildman–Crippen LogP) is 3.37. The van der Waals surface area contributed by atoms with E-state index in [9.17, 15) is 9.59 Å². The maximum atomic E-state index is 11.9. The van der Waals surface area contributed by atoms with E-state index in [2.05, 4.69) is 54.5 Å². The zero-order valence-electron chi connectivity index (χ0n) is 18.8. The molecule has 1 amide bonds. The number of amides is 1. The molecule has 2 N–H and O–H groups in total. The van der Waals surface area contributed by atoms with Crippen molar-refractivity contribution in [3.05, 3.63) is 63.6 Å². The van der Waals surface area contributed by atoms with E-state index < -0.39 is 0 Å². The van der Waals surface area contributed by atoms with E-state index in [0.717, 1.165) is 61.2 Å². The van der Waals surface area contributed by atoms with E-state index in [0.29, 0.717) is 28.2 Å². The number of pyridine rings is 1. The van der Waals surface area contributed by atoms with Gasteiger partial charge in [-0.25, -0.2) is 9.97 Å². The van der Waals surface area contributed by atoms with Crippen LogP contribution in [-0.4, -0.2) is 52.7 Å². The molecule has 1 saturated heterocycles. The van der Waals surface area contributed by atoms with E-state index in [-0.39, 0.29) is 5.91 Å². The van der Waals surface area contributed by atoms with Crippen LogP contribution in [0.4, 0.5) is 5.95 Å². The number of likely N-dealkylation sites (N-methyl/N-ethyl adjacent to an activating group) is 1. The summed E-state index contributed by atoms with van der Waals surface area (Å²) in [4.78, 5) is 39.1. The fourth-order valence-corrected chi connectivity index (χ4v) is 4.89. The van der Waals surface area contributed by atoms with Crippen molar-refractivity contribution in [2.24, 2.45) is 0 Å². The number of carbonyl (C=O) groups is 2. The molecular weight excluding hydrogens is 468 g/mol. The zero-order chi connectivity index (χ0) is 23.8. The quantitative estimate of drug-likeness (QED) is 0.345. The maximum Gasteiger partial charge on any atom is 0.257 e. The molecule has 0 aromatic carbocycles. The smallest absolute Gasteiger partial charge is 0.257 e. The average Bonchev–Trinajstić information content (AvgIpc) is 3.43. The number of nitrogens with one attached hydrogen (secondary N) is 2. The Morgan fingerprint density at radius 3 is 2.82 bits per heavy atom.